The monoisotopic (exact) mass is 302 g/mol. The number of allylic oxidation sites excluding steroid dienone is 1. The second kappa shape index (κ2) is 6.71. The predicted molar refractivity (Wildman–Crippen MR) is 88.9 cm³/mol. The summed E-state index contributed by atoms with van der Waals surface area (Å²) in [7, 11) is 4.83. The summed E-state index contributed by atoms with van der Waals surface area (Å²) < 4.78 is 16.7. The van der Waals surface area contributed by atoms with Gasteiger partial charge in [-0.15, -0.1) is 0 Å². The van der Waals surface area contributed by atoms with Gasteiger partial charge in [0.2, 0.25) is 0 Å². The lowest BCUT2D eigenvalue weighted by Crippen LogP contribution is -2.04. The van der Waals surface area contributed by atoms with Crippen LogP contribution in [0.5, 0.6) is 17.2 Å². The third-order valence-electron chi connectivity index (χ3n) is 3.66. The molecule has 2 rings (SSSR count). The van der Waals surface area contributed by atoms with Gasteiger partial charge in [-0.25, -0.2) is 0 Å². The van der Waals surface area contributed by atoms with Gasteiger partial charge in [-0.1, -0.05) is 24.3 Å². The Morgan fingerprint density at radius 3 is 2.23 bits per heavy atom. The summed E-state index contributed by atoms with van der Waals surface area (Å²) in [5, 5.41) is 12.0. The standard InChI is InChI=1S/C18H22O4/c1-6-8-12-15(11(2)19)18(22-5)16-13(17(12)21-4)9-7-10-14(16)20-3/h6-11,19H,1-5H3/b8-6+. The molecule has 0 aliphatic rings. The van der Waals surface area contributed by atoms with Gasteiger partial charge in [-0.2, -0.15) is 0 Å². The molecule has 0 heterocycles. The van der Waals surface area contributed by atoms with E-state index in [0.29, 0.717) is 22.8 Å². The fraction of sp³-hybridized carbons (Fsp3) is 0.333. The molecule has 1 unspecified atom stereocenters. The Bertz CT molecular complexity index is 702. The molecule has 2 aromatic rings. The molecule has 0 saturated heterocycles. The highest BCUT2D eigenvalue weighted by Crippen LogP contribution is 2.47. The lowest BCUT2D eigenvalue weighted by atomic mass is 9.94. The van der Waals surface area contributed by atoms with Crippen LogP contribution in [0.2, 0.25) is 0 Å². The molecule has 118 valence electrons. The molecule has 1 atom stereocenters. The molecule has 22 heavy (non-hydrogen) atoms. The van der Waals surface area contributed by atoms with Crippen LogP contribution in [0.1, 0.15) is 31.1 Å². The van der Waals surface area contributed by atoms with E-state index in [-0.39, 0.29) is 0 Å². The van der Waals surface area contributed by atoms with Crippen LogP contribution in [0.15, 0.2) is 24.3 Å². The Kier molecular flexibility index (Phi) is 4.93. The molecule has 0 fully saturated rings. The number of fused-ring (bicyclic) bond motifs is 1. The highest BCUT2D eigenvalue weighted by Gasteiger charge is 2.24. The van der Waals surface area contributed by atoms with E-state index in [2.05, 4.69) is 0 Å². The van der Waals surface area contributed by atoms with Gasteiger partial charge in [0.05, 0.1) is 32.8 Å². The molecular formula is C18H22O4. The highest BCUT2D eigenvalue weighted by molar-refractivity contribution is 6.02. The van der Waals surface area contributed by atoms with E-state index < -0.39 is 6.10 Å². The van der Waals surface area contributed by atoms with Gasteiger partial charge < -0.3 is 19.3 Å². The topological polar surface area (TPSA) is 47.9 Å². The fourth-order valence-electron chi connectivity index (χ4n) is 2.83. The Morgan fingerprint density at radius 1 is 1.05 bits per heavy atom. The van der Waals surface area contributed by atoms with Crippen molar-refractivity contribution in [3.05, 3.63) is 35.4 Å². The maximum Gasteiger partial charge on any atom is 0.137 e. The molecule has 0 bridgehead atoms. The van der Waals surface area contributed by atoms with Crippen LogP contribution in [-0.2, 0) is 0 Å². The minimum atomic E-state index is -0.704. The third-order valence-corrected chi connectivity index (χ3v) is 3.66. The first-order chi connectivity index (χ1) is 10.6. The Morgan fingerprint density at radius 2 is 1.73 bits per heavy atom. The third kappa shape index (κ3) is 2.50. The Hall–Kier alpha value is -2.20. The van der Waals surface area contributed by atoms with Crippen molar-refractivity contribution in [2.75, 3.05) is 21.3 Å². The number of aliphatic hydroxyl groups is 1. The summed E-state index contributed by atoms with van der Waals surface area (Å²) in [5.74, 6) is 1.99. The van der Waals surface area contributed by atoms with Crippen molar-refractivity contribution in [3.8, 4) is 17.2 Å². The number of hydrogen-bond acceptors (Lipinski definition) is 4. The molecule has 0 aliphatic carbocycles. The first-order valence-corrected chi connectivity index (χ1v) is 7.15. The van der Waals surface area contributed by atoms with Crippen LogP contribution in [0.4, 0.5) is 0 Å². The average molecular weight is 302 g/mol. The van der Waals surface area contributed by atoms with Crippen molar-refractivity contribution in [2.24, 2.45) is 0 Å². The van der Waals surface area contributed by atoms with E-state index >= 15 is 0 Å². The SMILES string of the molecule is C/C=C/c1c(C(C)O)c(OC)c2c(OC)cccc2c1OC. The van der Waals surface area contributed by atoms with Gasteiger partial charge in [0.15, 0.2) is 0 Å². The summed E-state index contributed by atoms with van der Waals surface area (Å²) in [4.78, 5) is 0. The number of rotatable bonds is 5. The van der Waals surface area contributed by atoms with Crippen molar-refractivity contribution in [1.82, 2.24) is 0 Å². The van der Waals surface area contributed by atoms with Crippen LogP contribution >= 0.6 is 0 Å². The summed E-state index contributed by atoms with van der Waals surface area (Å²) in [6, 6.07) is 5.73. The highest BCUT2D eigenvalue weighted by atomic mass is 16.5. The first-order valence-electron chi connectivity index (χ1n) is 7.15. The van der Waals surface area contributed by atoms with Gasteiger partial charge in [-0.3, -0.25) is 0 Å². The summed E-state index contributed by atoms with van der Waals surface area (Å²) in [6.45, 7) is 3.64. The number of methoxy groups -OCH3 is 3. The van der Waals surface area contributed by atoms with Crippen LogP contribution in [0.25, 0.3) is 16.8 Å². The van der Waals surface area contributed by atoms with Crippen molar-refractivity contribution < 1.29 is 19.3 Å². The van der Waals surface area contributed by atoms with Crippen molar-refractivity contribution in [3.63, 3.8) is 0 Å². The molecule has 1 N–H and O–H groups in total. The lowest BCUT2D eigenvalue weighted by molar-refractivity contribution is 0.194. The van der Waals surface area contributed by atoms with Gasteiger partial charge in [0.1, 0.15) is 17.2 Å². The predicted octanol–water partition coefficient (Wildman–Crippen LogP) is 3.95. The molecular weight excluding hydrogens is 280 g/mol. The summed E-state index contributed by atoms with van der Waals surface area (Å²) in [5.41, 5.74) is 1.51. The van der Waals surface area contributed by atoms with E-state index in [1.165, 1.54) is 0 Å². The zero-order valence-corrected chi connectivity index (χ0v) is 13.6. The molecule has 4 nitrogen and oxygen atoms in total. The molecule has 2 aromatic carbocycles. The van der Waals surface area contributed by atoms with Crippen molar-refractivity contribution >= 4 is 16.8 Å². The van der Waals surface area contributed by atoms with E-state index in [0.717, 1.165) is 16.3 Å². The molecule has 0 saturated carbocycles. The lowest BCUT2D eigenvalue weighted by Gasteiger charge is -2.22. The van der Waals surface area contributed by atoms with E-state index in [9.17, 15) is 5.11 Å². The zero-order chi connectivity index (χ0) is 16.3. The van der Waals surface area contributed by atoms with E-state index in [1.807, 2.05) is 37.3 Å². The number of ether oxygens (including phenoxy) is 3. The number of benzene rings is 2. The maximum absolute atomic E-state index is 10.3. The van der Waals surface area contributed by atoms with Crippen LogP contribution < -0.4 is 14.2 Å². The van der Waals surface area contributed by atoms with Crippen molar-refractivity contribution in [1.29, 1.82) is 0 Å². The Labute approximate surface area is 130 Å². The van der Waals surface area contributed by atoms with E-state index in [4.69, 9.17) is 14.2 Å². The molecule has 0 aliphatic heterocycles. The summed E-state index contributed by atoms with van der Waals surface area (Å²) in [6.07, 6.45) is 3.13. The summed E-state index contributed by atoms with van der Waals surface area (Å²) >= 11 is 0. The first kappa shape index (κ1) is 16.2. The second-order valence-electron chi connectivity index (χ2n) is 4.95. The normalized spacial score (nSPS) is 12.6. The smallest absolute Gasteiger partial charge is 0.137 e. The van der Waals surface area contributed by atoms with Gasteiger partial charge in [0.25, 0.3) is 0 Å². The number of aliphatic hydroxyl groups excluding tert-OH is 1. The average Bonchev–Trinajstić information content (AvgIpc) is 2.52. The molecule has 4 heteroatoms. The van der Waals surface area contributed by atoms with Crippen molar-refractivity contribution in [2.45, 2.75) is 20.0 Å². The van der Waals surface area contributed by atoms with E-state index in [1.54, 1.807) is 28.3 Å². The zero-order valence-electron chi connectivity index (χ0n) is 13.6. The Balaban J connectivity index is 3.08. The molecule has 0 amide bonds. The van der Waals surface area contributed by atoms with Gasteiger partial charge >= 0.3 is 0 Å². The van der Waals surface area contributed by atoms with Crippen LogP contribution in [0, 0.1) is 0 Å². The van der Waals surface area contributed by atoms with Crippen LogP contribution in [-0.4, -0.2) is 26.4 Å². The van der Waals surface area contributed by atoms with Gasteiger partial charge in [-0.05, 0) is 19.9 Å². The fourth-order valence-corrected chi connectivity index (χ4v) is 2.83. The molecule has 0 radical (unpaired) electrons. The number of hydrogen-bond donors (Lipinski definition) is 1. The second-order valence-corrected chi connectivity index (χ2v) is 4.95. The molecule has 0 spiro atoms. The minimum Gasteiger partial charge on any atom is -0.496 e. The molecule has 0 aromatic heterocycles. The van der Waals surface area contributed by atoms with Gasteiger partial charge in [0, 0.05) is 16.5 Å². The minimum absolute atomic E-state index is 0.608. The largest absolute Gasteiger partial charge is 0.496 e. The quantitative estimate of drug-likeness (QED) is 0.908. The maximum atomic E-state index is 10.3. The van der Waals surface area contributed by atoms with Crippen LogP contribution in [0.3, 0.4) is 0 Å².